The molecule has 0 unspecified atom stereocenters. The third-order valence-corrected chi connectivity index (χ3v) is 3.02. The van der Waals surface area contributed by atoms with Gasteiger partial charge in [-0.3, -0.25) is 0 Å². The zero-order chi connectivity index (χ0) is 12.5. The molecule has 4 nitrogen and oxygen atoms in total. The Morgan fingerprint density at radius 3 is 2.24 bits per heavy atom. The van der Waals surface area contributed by atoms with Crippen LogP contribution in [0, 0.1) is 0 Å². The molecule has 1 heterocycles. The molecule has 0 aromatic carbocycles. The number of hydrogen-bond acceptors (Lipinski definition) is 4. The minimum atomic E-state index is -0.343. The van der Waals surface area contributed by atoms with Crippen molar-refractivity contribution in [2.75, 3.05) is 19.7 Å². The zero-order valence-electron chi connectivity index (χ0n) is 10.8. The lowest BCUT2D eigenvalue weighted by Crippen LogP contribution is -2.30. The molecule has 17 heavy (non-hydrogen) atoms. The zero-order valence-corrected chi connectivity index (χ0v) is 10.8. The fraction of sp³-hybridized carbons (Fsp3) is 0.769. The summed E-state index contributed by atoms with van der Waals surface area (Å²) in [6.07, 6.45) is 8.84. The highest BCUT2D eigenvalue weighted by atomic mass is 16.5. The Morgan fingerprint density at radius 1 is 1.18 bits per heavy atom. The predicted molar refractivity (Wildman–Crippen MR) is 68.2 cm³/mol. The standard InChI is InChI=1S/C13H24N2O2/c1-2-17-13(16)11-12(14)15-9-7-5-3-4-6-8-10-15/h11H,2-10,14H2,1H3/b12-11+. The van der Waals surface area contributed by atoms with Gasteiger partial charge in [-0.25, -0.2) is 4.79 Å². The number of nitrogens with two attached hydrogens (primary N) is 1. The lowest BCUT2D eigenvalue weighted by Gasteiger charge is -2.23. The molecular weight excluding hydrogens is 216 g/mol. The number of esters is 1. The Morgan fingerprint density at radius 2 is 1.71 bits per heavy atom. The molecule has 1 saturated heterocycles. The van der Waals surface area contributed by atoms with Crippen molar-refractivity contribution < 1.29 is 9.53 Å². The van der Waals surface area contributed by atoms with Crippen LogP contribution >= 0.6 is 0 Å². The van der Waals surface area contributed by atoms with Crippen LogP contribution in [0.1, 0.15) is 45.4 Å². The third kappa shape index (κ3) is 5.61. The first-order valence-corrected chi connectivity index (χ1v) is 6.63. The van der Waals surface area contributed by atoms with Crippen LogP contribution < -0.4 is 5.73 Å². The maximum Gasteiger partial charge on any atom is 0.334 e. The normalized spacial score (nSPS) is 19.1. The van der Waals surface area contributed by atoms with Gasteiger partial charge in [0.15, 0.2) is 0 Å². The van der Waals surface area contributed by atoms with Gasteiger partial charge in [-0.05, 0) is 19.8 Å². The van der Waals surface area contributed by atoms with Crippen LogP contribution in [0.3, 0.4) is 0 Å². The van der Waals surface area contributed by atoms with Gasteiger partial charge in [0.05, 0.1) is 12.7 Å². The van der Waals surface area contributed by atoms with E-state index in [-0.39, 0.29) is 5.97 Å². The SMILES string of the molecule is CCOC(=O)/C=C(\N)N1CCCCCCCC1. The van der Waals surface area contributed by atoms with Crippen molar-refractivity contribution >= 4 is 5.97 Å². The van der Waals surface area contributed by atoms with E-state index in [0.29, 0.717) is 12.4 Å². The molecule has 0 bridgehead atoms. The first-order valence-electron chi connectivity index (χ1n) is 6.63. The van der Waals surface area contributed by atoms with E-state index in [0.717, 1.165) is 25.9 Å². The van der Waals surface area contributed by atoms with Gasteiger partial charge >= 0.3 is 5.97 Å². The van der Waals surface area contributed by atoms with Gasteiger partial charge in [-0.2, -0.15) is 0 Å². The maximum absolute atomic E-state index is 11.3. The second-order valence-corrected chi connectivity index (χ2v) is 4.43. The Bertz CT molecular complexity index is 254. The molecule has 1 aliphatic rings. The van der Waals surface area contributed by atoms with Gasteiger partial charge in [0, 0.05) is 13.1 Å². The molecule has 98 valence electrons. The fourth-order valence-corrected chi connectivity index (χ4v) is 2.08. The molecule has 1 fully saturated rings. The monoisotopic (exact) mass is 240 g/mol. The molecular formula is C13H24N2O2. The number of ether oxygens (including phenoxy) is 1. The van der Waals surface area contributed by atoms with Crippen molar-refractivity contribution in [1.29, 1.82) is 0 Å². The van der Waals surface area contributed by atoms with Crippen molar-refractivity contribution in [2.24, 2.45) is 5.73 Å². The van der Waals surface area contributed by atoms with Crippen LogP contribution in [0.5, 0.6) is 0 Å². The van der Waals surface area contributed by atoms with E-state index in [4.69, 9.17) is 10.5 Å². The van der Waals surface area contributed by atoms with E-state index in [2.05, 4.69) is 4.90 Å². The van der Waals surface area contributed by atoms with Gasteiger partial charge in [0.1, 0.15) is 5.82 Å². The van der Waals surface area contributed by atoms with E-state index in [1.54, 1.807) is 6.92 Å². The predicted octanol–water partition coefficient (Wildman–Crippen LogP) is 2.01. The highest BCUT2D eigenvalue weighted by Crippen LogP contribution is 2.12. The minimum absolute atomic E-state index is 0.343. The Hall–Kier alpha value is -1.19. The topological polar surface area (TPSA) is 55.6 Å². The highest BCUT2D eigenvalue weighted by Gasteiger charge is 2.10. The largest absolute Gasteiger partial charge is 0.463 e. The smallest absolute Gasteiger partial charge is 0.334 e. The molecule has 0 saturated carbocycles. The summed E-state index contributed by atoms with van der Waals surface area (Å²) in [6.45, 7) is 4.08. The van der Waals surface area contributed by atoms with Gasteiger partial charge in [0.2, 0.25) is 0 Å². The number of rotatable bonds is 3. The van der Waals surface area contributed by atoms with Crippen molar-refractivity contribution in [2.45, 2.75) is 45.4 Å². The molecule has 0 aromatic rings. The fourth-order valence-electron chi connectivity index (χ4n) is 2.08. The van der Waals surface area contributed by atoms with Crippen molar-refractivity contribution in [3.05, 3.63) is 11.9 Å². The highest BCUT2D eigenvalue weighted by molar-refractivity contribution is 5.82. The molecule has 0 atom stereocenters. The maximum atomic E-state index is 11.3. The summed E-state index contributed by atoms with van der Waals surface area (Å²) in [5.74, 6) is 0.204. The van der Waals surface area contributed by atoms with Crippen molar-refractivity contribution in [3.63, 3.8) is 0 Å². The van der Waals surface area contributed by atoms with Gasteiger partial charge in [-0.15, -0.1) is 0 Å². The molecule has 0 radical (unpaired) electrons. The van der Waals surface area contributed by atoms with Crippen LogP contribution in [0.4, 0.5) is 0 Å². The molecule has 1 rings (SSSR count). The molecule has 2 N–H and O–H groups in total. The van der Waals surface area contributed by atoms with Gasteiger partial charge in [-0.1, -0.05) is 25.7 Å². The molecule has 0 amide bonds. The van der Waals surface area contributed by atoms with Crippen LogP contribution in [0.2, 0.25) is 0 Å². The lowest BCUT2D eigenvalue weighted by molar-refractivity contribution is -0.137. The average Bonchev–Trinajstić information content (AvgIpc) is 2.42. The van der Waals surface area contributed by atoms with Crippen LogP contribution in [-0.2, 0) is 9.53 Å². The number of carbonyl (C=O) groups excluding carboxylic acids is 1. The summed E-state index contributed by atoms with van der Waals surface area (Å²) in [4.78, 5) is 13.4. The lowest BCUT2D eigenvalue weighted by atomic mass is 10.1. The molecule has 0 aliphatic carbocycles. The summed E-state index contributed by atoms with van der Waals surface area (Å²) in [7, 11) is 0. The summed E-state index contributed by atoms with van der Waals surface area (Å²) < 4.78 is 4.86. The van der Waals surface area contributed by atoms with E-state index in [9.17, 15) is 4.79 Å². The summed E-state index contributed by atoms with van der Waals surface area (Å²) in [5, 5.41) is 0. The Balaban J connectivity index is 2.51. The Labute approximate surface area is 104 Å². The van der Waals surface area contributed by atoms with E-state index >= 15 is 0 Å². The van der Waals surface area contributed by atoms with Crippen molar-refractivity contribution in [3.8, 4) is 0 Å². The van der Waals surface area contributed by atoms with Gasteiger partial charge in [0.25, 0.3) is 0 Å². The second-order valence-electron chi connectivity index (χ2n) is 4.43. The van der Waals surface area contributed by atoms with Crippen molar-refractivity contribution in [1.82, 2.24) is 4.90 Å². The third-order valence-electron chi connectivity index (χ3n) is 3.02. The Kier molecular flexibility index (Phi) is 6.51. The number of carbonyl (C=O) groups is 1. The van der Waals surface area contributed by atoms with Gasteiger partial charge < -0.3 is 15.4 Å². The number of nitrogens with zero attached hydrogens (tertiary/aromatic N) is 1. The number of hydrogen-bond donors (Lipinski definition) is 1. The molecule has 1 aliphatic heterocycles. The summed E-state index contributed by atoms with van der Waals surface area (Å²) in [5.41, 5.74) is 5.94. The van der Waals surface area contributed by atoms with E-state index < -0.39 is 0 Å². The summed E-state index contributed by atoms with van der Waals surface area (Å²) >= 11 is 0. The second kappa shape index (κ2) is 7.98. The quantitative estimate of drug-likeness (QED) is 0.605. The van der Waals surface area contributed by atoms with Crippen LogP contribution in [0.15, 0.2) is 11.9 Å². The average molecular weight is 240 g/mol. The van der Waals surface area contributed by atoms with E-state index in [1.807, 2.05) is 0 Å². The van der Waals surface area contributed by atoms with E-state index in [1.165, 1.54) is 31.8 Å². The first kappa shape index (κ1) is 13.9. The first-order chi connectivity index (χ1) is 8.24. The van der Waals surface area contributed by atoms with Crippen LogP contribution in [0.25, 0.3) is 0 Å². The summed E-state index contributed by atoms with van der Waals surface area (Å²) in [6, 6.07) is 0. The molecule has 0 aromatic heterocycles. The minimum Gasteiger partial charge on any atom is -0.463 e. The van der Waals surface area contributed by atoms with Crippen LogP contribution in [-0.4, -0.2) is 30.6 Å². The molecule has 4 heteroatoms. The molecule has 0 spiro atoms.